The summed E-state index contributed by atoms with van der Waals surface area (Å²) in [5, 5.41) is 12.7. The summed E-state index contributed by atoms with van der Waals surface area (Å²) < 4.78 is 0. The van der Waals surface area contributed by atoms with Gasteiger partial charge in [0.2, 0.25) is 0 Å². The summed E-state index contributed by atoms with van der Waals surface area (Å²) >= 11 is 1.32. The number of nitrogens with one attached hydrogen (secondary N) is 1. The molecule has 1 saturated carbocycles. The van der Waals surface area contributed by atoms with Gasteiger partial charge in [0.25, 0.3) is 0 Å². The van der Waals surface area contributed by atoms with E-state index in [0.717, 1.165) is 22.2 Å². The molecule has 3 rings (SSSR count). The van der Waals surface area contributed by atoms with Gasteiger partial charge in [-0.05, 0) is 18.9 Å². The van der Waals surface area contributed by atoms with E-state index in [1.54, 1.807) is 13.1 Å². The molecule has 0 unspecified atom stereocenters. The monoisotopic (exact) mass is 357 g/mol. The number of pyridine rings is 1. The van der Waals surface area contributed by atoms with Crippen molar-refractivity contribution in [1.82, 2.24) is 4.98 Å². The van der Waals surface area contributed by atoms with E-state index in [1.165, 1.54) is 62.4 Å². The van der Waals surface area contributed by atoms with Crippen LogP contribution in [0.1, 0.15) is 53.8 Å². The fourth-order valence-corrected chi connectivity index (χ4v) is 3.77. The van der Waals surface area contributed by atoms with Crippen LogP contribution in [0.2, 0.25) is 0 Å². The fourth-order valence-electron chi connectivity index (χ4n) is 2.95. The molecule has 1 aliphatic carbocycles. The summed E-state index contributed by atoms with van der Waals surface area (Å²) in [6.07, 6.45) is 11.7. The number of rotatable bonds is 3. The highest BCUT2D eigenvalue weighted by Crippen LogP contribution is 2.30. The van der Waals surface area contributed by atoms with Gasteiger partial charge in [0.15, 0.2) is 6.29 Å². The lowest BCUT2D eigenvalue weighted by Gasteiger charge is -2.05. The number of carbonyl (C=O) groups excluding carboxylic acids is 1. The minimum Gasteiger partial charge on any atom is -0.390 e. The second-order valence-electron chi connectivity index (χ2n) is 5.84. The van der Waals surface area contributed by atoms with Crippen molar-refractivity contribution < 1.29 is 4.79 Å². The van der Waals surface area contributed by atoms with Crippen LogP contribution in [0.15, 0.2) is 17.3 Å². The Labute approximate surface area is 151 Å². The third-order valence-corrected chi connectivity index (χ3v) is 5.16. The molecule has 132 valence electrons. The Kier molecular flexibility index (Phi) is 7.36. The van der Waals surface area contributed by atoms with E-state index in [2.05, 4.69) is 21.4 Å². The first-order valence-electron chi connectivity index (χ1n) is 8.42. The number of hydrogen-bond acceptors (Lipinski definition) is 6. The van der Waals surface area contributed by atoms with Gasteiger partial charge in [0.1, 0.15) is 10.9 Å². The Morgan fingerprint density at radius 3 is 2.68 bits per heavy atom. The largest absolute Gasteiger partial charge is 0.390 e. The van der Waals surface area contributed by atoms with Crippen molar-refractivity contribution in [3.63, 3.8) is 0 Å². The zero-order valence-corrected chi connectivity index (χ0v) is 15.2. The second kappa shape index (κ2) is 9.74. The van der Waals surface area contributed by atoms with Crippen LogP contribution >= 0.6 is 11.3 Å². The molecule has 0 aromatic carbocycles. The number of aldehydes is 1. The lowest BCUT2D eigenvalue weighted by molar-refractivity contribution is 0.112. The van der Waals surface area contributed by atoms with Crippen LogP contribution in [0, 0.1) is 11.3 Å². The van der Waals surface area contributed by atoms with Gasteiger partial charge in [-0.1, -0.05) is 25.7 Å². The normalized spacial score (nSPS) is 15.2. The lowest BCUT2D eigenvalue weighted by Crippen LogP contribution is -2.04. The van der Waals surface area contributed by atoms with E-state index in [-0.39, 0.29) is 0 Å². The first kappa shape index (κ1) is 18.9. The number of thiophene rings is 1. The van der Waals surface area contributed by atoms with Crippen molar-refractivity contribution >= 4 is 39.9 Å². The van der Waals surface area contributed by atoms with Crippen molar-refractivity contribution in [2.24, 2.45) is 10.7 Å². The number of fused-ring (bicyclic) bond motifs is 1. The third-order valence-electron chi connectivity index (χ3n) is 4.19. The molecule has 0 bridgehead atoms. The first-order valence-corrected chi connectivity index (χ1v) is 9.24. The van der Waals surface area contributed by atoms with Gasteiger partial charge in [0.05, 0.1) is 28.5 Å². The number of nitrogens with zero attached hydrogens (tertiary/aromatic N) is 3. The van der Waals surface area contributed by atoms with E-state index < -0.39 is 0 Å². The first-order chi connectivity index (χ1) is 12.2. The molecule has 0 amide bonds. The highest BCUT2D eigenvalue weighted by Gasteiger charge is 2.10. The highest BCUT2D eigenvalue weighted by molar-refractivity contribution is 7.20. The maximum Gasteiger partial charge on any atom is 0.160 e. The Hall–Kier alpha value is -2.46. The maximum atomic E-state index is 10.6. The van der Waals surface area contributed by atoms with E-state index >= 15 is 0 Å². The summed E-state index contributed by atoms with van der Waals surface area (Å²) in [7, 11) is 1.74. The van der Waals surface area contributed by atoms with Gasteiger partial charge in [-0.25, -0.2) is 4.98 Å². The standard InChI is InChI=1S/C10H7N3OS.C8H16N2/c1-12-9-6(3-11)4-13-10-8(9)2-7(5-14)15-10;9-7-10-8-5-3-1-2-4-6-8/h2,4-5H,1H3,(H,12,13);7-8H,1-6H2,(H2,9,10). The van der Waals surface area contributed by atoms with Gasteiger partial charge in [-0.15, -0.1) is 11.3 Å². The van der Waals surface area contributed by atoms with Gasteiger partial charge in [-0.3, -0.25) is 9.79 Å². The van der Waals surface area contributed by atoms with Gasteiger partial charge >= 0.3 is 0 Å². The van der Waals surface area contributed by atoms with Crippen molar-refractivity contribution in [3.05, 3.63) is 22.7 Å². The van der Waals surface area contributed by atoms with Crippen LogP contribution in [0.5, 0.6) is 0 Å². The molecule has 0 spiro atoms. The molecule has 3 N–H and O–H groups in total. The van der Waals surface area contributed by atoms with E-state index in [0.29, 0.717) is 16.5 Å². The fraction of sp³-hybridized carbons (Fsp3) is 0.444. The van der Waals surface area contributed by atoms with Crippen LogP contribution in [-0.2, 0) is 0 Å². The molecule has 2 aromatic rings. The van der Waals surface area contributed by atoms with Crippen LogP contribution in [0.4, 0.5) is 5.69 Å². The van der Waals surface area contributed by atoms with Crippen LogP contribution < -0.4 is 11.1 Å². The van der Waals surface area contributed by atoms with Crippen molar-refractivity contribution in [1.29, 1.82) is 5.26 Å². The lowest BCUT2D eigenvalue weighted by atomic mass is 10.1. The Bertz CT molecular complexity index is 770. The predicted molar refractivity (Wildman–Crippen MR) is 103 cm³/mol. The molecule has 0 aliphatic heterocycles. The summed E-state index contributed by atoms with van der Waals surface area (Å²) in [6, 6.07) is 4.33. The Morgan fingerprint density at radius 2 is 2.12 bits per heavy atom. The average molecular weight is 357 g/mol. The van der Waals surface area contributed by atoms with Crippen molar-refractivity contribution in [3.8, 4) is 6.07 Å². The molecule has 0 atom stereocenters. The average Bonchev–Trinajstić information content (AvgIpc) is 2.90. The molecule has 2 heterocycles. The minimum atomic E-state index is 0.486. The molecule has 0 radical (unpaired) electrons. The zero-order valence-electron chi connectivity index (χ0n) is 14.4. The van der Waals surface area contributed by atoms with Crippen molar-refractivity contribution in [2.45, 2.75) is 44.6 Å². The number of nitriles is 1. The molecule has 2 aromatic heterocycles. The molecule has 6 nitrogen and oxygen atoms in total. The predicted octanol–water partition coefficient (Wildman–Crippen LogP) is 3.72. The number of anilines is 1. The topological polar surface area (TPSA) is 104 Å². The van der Waals surface area contributed by atoms with E-state index in [9.17, 15) is 4.79 Å². The van der Waals surface area contributed by atoms with E-state index in [1.807, 2.05) is 0 Å². The third kappa shape index (κ3) is 5.00. The van der Waals surface area contributed by atoms with Gasteiger partial charge < -0.3 is 11.1 Å². The van der Waals surface area contributed by atoms with E-state index in [4.69, 9.17) is 11.0 Å². The Balaban J connectivity index is 0.000000196. The summed E-state index contributed by atoms with van der Waals surface area (Å²) in [5.74, 6) is 0. The Morgan fingerprint density at radius 1 is 1.40 bits per heavy atom. The highest BCUT2D eigenvalue weighted by atomic mass is 32.1. The summed E-state index contributed by atoms with van der Waals surface area (Å²) in [6.45, 7) is 0. The number of aliphatic imine (C=N–C) groups is 1. The number of nitrogens with two attached hydrogens (primary N) is 1. The SMILES string of the molecule is CNc1c(C#N)cnc2sc(C=O)cc12.NC=NC1CCCCCC1. The quantitative estimate of drug-likeness (QED) is 0.377. The van der Waals surface area contributed by atoms with Gasteiger partial charge in [0, 0.05) is 18.6 Å². The summed E-state index contributed by atoms with van der Waals surface area (Å²) in [5.41, 5.74) is 6.43. The summed E-state index contributed by atoms with van der Waals surface area (Å²) in [4.78, 5) is 20.3. The zero-order chi connectivity index (χ0) is 18.1. The minimum absolute atomic E-state index is 0.486. The number of hydrogen-bond donors (Lipinski definition) is 2. The smallest absolute Gasteiger partial charge is 0.160 e. The molecular formula is C18H23N5OS. The second-order valence-corrected chi connectivity index (χ2v) is 6.90. The van der Waals surface area contributed by atoms with Crippen LogP contribution in [0.25, 0.3) is 10.2 Å². The van der Waals surface area contributed by atoms with Crippen LogP contribution in [-0.4, -0.2) is 30.7 Å². The molecule has 7 heteroatoms. The molecular weight excluding hydrogens is 334 g/mol. The molecule has 1 aliphatic rings. The number of carbonyl (C=O) groups is 1. The maximum absolute atomic E-state index is 10.6. The molecule has 25 heavy (non-hydrogen) atoms. The van der Waals surface area contributed by atoms with Gasteiger partial charge in [-0.2, -0.15) is 5.26 Å². The molecule has 1 fully saturated rings. The number of aromatic nitrogens is 1. The van der Waals surface area contributed by atoms with Crippen molar-refractivity contribution in [2.75, 3.05) is 12.4 Å². The van der Waals surface area contributed by atoms with Crippen LogP contribution in [0.3, 0.4) is 0 Å². The molecule has 0 saturated heterocycles.